The van der Waals surface area contributed by atoms with Crippen LogP contribution in [0, 0.1) is 0 Å². The standard InChI is InChI=1S/C11H19N3O2S/c1-3-12-9-7-17-6-8(9)11-13-10(14-16-11)5-15-4-2/h8-9,12H,3-7H2,1-2H3. The molecule has 1 aromatic rings. The molecule has 1 saturated heterocycles. The van der Waals surface area contributed by atoms with Gasteiger partial charge in [0.05, 0.1) is 5.92 Å². The Morgan fingerprint density at radius 3 is 3.12 bits per heavy atom. The fraction of sp³-hybridized carbons (Fsp3) is 0.818. The van der Waals surface area contributed by atoms with E-state index in [0.717, 1.165) is 23.9 Å². The third-order valence-corrected chi connectivity index (χ3v) is 3.97. The Labute approximate surface area is 106 Å². The molecule has 17 heavy (non-hydrogen) atoms. The molecule has 0 radical (unpaired) electrons. The molecule has 1 fully saturated rings. The number of rotatable bonds is 6. The van der Waals surface area contributed by atoms with Crippen LogP contribution in [0.2, 0.25) is 0 Å². The van der Waals surface area contributed by atoms with Gasteiger partial charge in [-0.15, -0.1) is 0 Å². The van der Waals surface area contributed by atoms with Crippen LogP contribution in [0.25, 0.3) is 0 Å². The summed E-state index contributed by atoms with van der Waals surface area (Å²) in [5.41, 5.74) is 0. The lowest BCUT2D eigenvalue weighted by Crippen LogP contribution is -2.34. The number of nitrogens with zero attached hydrogens (tertiary/aromatic N) is 2. The molecule has 2 rings (SSSR count). The first-order chi connectivity index (χ1) is 8.35. The van der Waals surface area contributed by atoms with Gasteiger partial charge >= 0.3 is 0 Å². The quantitative estimate of drug-likeness (QED) is 0.831. The van der Waals surface area contributed by atoms with E-state index in [0.29, 0.717) is 31.0 Å². The van der Waals surface area contributed by atoms with Gasteiger partial charge in [-0.1, -0.05) is 12.1 Å². The van der Waals surface area contributed by atoms with Crippen molar-refractivity contribution in [3.63, 3.8) is 0 Å². The highest BCUT2D eigenvalue weighted by Crippen LogP contribution is 2.31. The number of hydrogen-bond donors (Lipinski definition) is 1. The van der Waals surface area contributed by atoms with Crippen molar-refractivity contribution >= 4 is 11.8 Å². The second-order valence-corrected chi connectivity index (χ2v) is 5.07. The maximum Gasteiger partial charge on any atom is 0.232 e. The number of nitrogens with one attached hydrogen (secondary N) is 1. The molecule has 96 valence electrons. The molecule has 5 nitrogen and oxygen atoms in total. The Hall–Kier alpha value is -0.590. The number of aromatic nitrogens is 2. The van der Waals surface area contributed by atoms with Gasteiger partial charge in [0.15, 0.2) is 5.82 Å². The maximum atomic E-state index is 5.33. The van der Waals surface area contributed by atoms with Gasteiger partial charge in [0.1, 0.15) is 6.61 Å². The van der Waals surface area contributed by atoms with Crippen LogP contribution in [0.5, 0.6) is 0 Å². The molecule has 0 aromatic carbocycles. The summed E-state index contributed by atoms with van der Waals surface area (Å²) in [6.07, 6.45) is 0. The van der Waals surface area contributed by atoms with E-state index in [1.165, 1.54) is 0 Å². The summed E-state index contributed by atoms with van der Waals surface area (Å²) in [6.45, 7) is 6.15. The number of thioether (sulfide) groups is 1. The zero-order chi connectivity index (χ0) is 12.1. The third kappa shape index (κ3) is 3.20. The summed E-state index contributed by atoms with van der Waals surface area (Å²) in [6, 6.07) is 0.449. The Morgan fingerprint density at radius 1 is 1.47 bits per heavy atom. The van der Waals surface area contributed by atoms with Crippen LogP contribution in [0.15, 0.2) is 4.52 Å². The van der Waals surface area contributed by atoms with Crippen molar-refractivity contribution in [3.05, 3.63) is 11.7 Å². The summed E-state index contributed by atoms with van der Waals surface area (Å²) >= 11 is 1.93. The topological polar surface area (TPSA) is 60.2 Å². The molecule has 0 saturated carbocycles. The van der Waals surface area contributed by atoms with Crippen molar-refractivity contribution in [2.24, 2.45) is 0 Å². The van der Waals surface area contributed by atoms with Gasteiger partial charge < -0.3 is 14.6 Å². The molecule has 0 bridgehead atoms. The molecule has 0 amide bonds. The van der Waals surface area contributed by atoms with Crippen molar-refractivity contribution in [2.45, 2.75) is 32.4 Å². The van der Waals surface area contributed by atoms with Crippen molar-refractivity contribution in [1.29, 1.82) is 0 Å². The van der Waals surface area contributed by atoms with Crippen LogP contribution in [0.3, 0.4) is 0 Å². The van der Waals surface area contributed by atoms with Gasteiger partial charge in [-0.05, 0) is 13.5 Å². The molecule has 1 aliphatic heterocycles. The molecule has 2 atom stereocenters. The number of hydrogen-bond acceptors (Lipinski definition) is 6. The lowest BCUT2D eigenvalue weighted by atomic mass is 10.0. The Balaban J connectivity index is 1.98. The lowest BCUT2D eigenvalue weighted by molar-refractivity contribution is 0.126. The minimum Gasteiger partial charge on any atom is -0.374 e. The van der Waals surface area contributed by atoms with Gasteiger partial charge in [-0.25, -0.2) is 0 Å². The van der Waals surface area contributed by atoms with E-state index >= 15 is 0 Å². The van der Waals surface area contributed by atoms with Crippen LogP contribution >= 0.6 is 11.8 Å². The smallest absolute Gasteiger partial charge is 0.232 e. The first kappa shape index (κ1) is 12.9. The van der Waals surface area contributed by atoms with Crippen molar-refractivity contribution in [3.8, 4) is 0 Å². The van der Waals surface area contributed by atoms with Gasteiger partial charge in [0.25, 0.3) is 0 Å². The van der Waals surface area contributed by atoms with Gasteiger partial charge in [0, 0.05) is 24.2 Å². The molecule has 1 aliphatic rings. The lowest BCUT2D eigenvalue weighted by Gasteiger charge is -2.15. The summed E-state index contributed by atoms with van der Waals surface area (Å²) in [4.78, 5) is 4.41. The summed E-state index contributed by atoms with van der Waals surface area (Å²) in [7, 11) is 0. The SMILES string of the molecule is CCNC1CSCC1c1nc(COCC)no1. The summed E-state index contributed by atoms with van der Waals surface area (Å²) in [5, 5.41) is 7.41. The molecule has 1 aromatic heterocycles. The van der Waals surface area contributed by atoms with Crippen molar-refractivity contribution in [1.82, 2.24) is 15.5 Å². The third-order valence-electron chi connectivity index (χ3n) is 2.78. The van der Waals surface area contributed by atoms with E-state index in [9.17, 15) is 0 Å². The minimum atomic E-state index is 0.336. The maximum absolute atomic E-state index is 5.33. The molecule has 1 N–H and O–H groups in total. The zero-order valence-electron chi connectivity index (χ0n) is 10.3. The molecular formula is C11H19N3O2S. The van der Waals surface area contributed by atoms with Gasteiger partial charge in [-0.2, -0.15) is 16.7 Å². The van der Waals surface area contributed by atoms with E-state index < -0.39 is 0 Å². The summed E-state index contributed by atoms with van der Waals surface area (Å²) in [5.74, 6) is 3.89. The largest absolute Gasteiger partial charge is 0.374 e. The molecule has 6 heteroatoms. The minimum absolute atomic E-state index is 0.336. The average molecular weight is 257 g/mol. The van der Waals surface area contributed by atoms with E-state index in [-0.39, 0.29) is 0 Å². The molecule has 2 unspecified atom stereocenters. The van der Waals surface area contributed by atoms with Crippen LogP contribution in [-0.4, -0.2) is 40.8 Å². The Bertz CT molecular complexity index is 345. The van der Waals surface area contributed by atoms with Crippen LogP contribution in [-0.2, 0) is 11.3 Å². The predicted octanol–water partition coefficient (Wildman–Crippen LogP) is 1.41. The average Bonchev–Trinajstić information content (AvgIpc) is 2.95. The van der Waals surface area contributed by atoms with Gasteiger partial charge in [0.2, 0.25) is 5.89 Å². The van der Waals surface area contributed by atoms with E-state index in [1.807, 2.05) is 18.7 Å². The predicted molar refractivity (Wildman–Crippen MR) is 67.2 cm³/mol. The summed E-state index contributed by atoms with van der Waals surface area (Å²) < 4.78 is 10.6. The van der Waals surface area contributed by atoms with E-state index in [1.54, 1.807) is 0 Å². The van der Waals surface area contributed by atoms with Crippen LogP contribution < -0.4 is 5.32 Å². The molecule has 0 aliphatic carbocycles. The first-order valence-electron chi connectivity index (χ1n) is 6.06. The van der Waals surface area contributed by atoms with E-state index in [4.69, 9.17) is 9.26 Å². The zero-order valence-corrected chi connectivity index (χ0v) is 11.1. The highest BCUT2D eigenvalue weighted by Gasteiger charge is 2.32. The fourth-order valence-corrected chi connectivity index (χ4v) is 3.30. The fourth-order valence-electron chi connectivity index (χ4n) is 1.93. The van der Waals surface area contributed by atoms with Crippen LogP contribution in [0.4, 0.5) is 0 Å². The van der Waals surface area contributed by atoms with Crippen molar-refractivity contribution in [2.75, 3.05) is 24.7 Å². The van der Waals surface area contributed by atoms with Gasteiger partial charge in [-0.3, -0.25) is 0 Å². The Morgan fingerprint density at radius 2 is 2.35 bits per heavy atom. The Kier molecular flexibility index (Phi) is 4.82. The van der Waals surface area contributed by atoms with Crippen LogP contribution in [0.1, 0.15) is 31.5 Å². The molecule has 2 heterocycles. The van der Waals surface area contributed by atoms with Crippen molar-refractivity contribution < 1.29 is 9.26 Å². The second kappa shape index (κ2) is 6.37. The molecular weight excluding hydrogens is 238 g/mol. The normalized spacial score (nSPS) is 24.4. The number of ether oxygens (including phenoxy) is 1. The first-order valence-corrected chi connectivity index (χ1v) is 7.22. The highest BCUT2D eigenvalue weighted by molar-refractivity contribution is 7.99. The molecule has 0 spiro atoms. The number of likely N-dealkylation sites (N-methyl/N-ethyl adjacent to an activating group) is 1. The second-order valence-electron chi connectivity index (χ2n) is 3.99. The van der Waals surface area contributed by atoms with E-state index in [2.05, 4.69) is 22.4 Å². The highest BCUT2D eigenvalue weighted by atomic mass is 32.2. The monoisotopic (exact) mass is 257 g/mol.